The minimum atomic E-state index is 0.278. The van der Waals surface area contributed by atoms with Gasteiger partial charge in [0, 0.05) is 0 Å². The highest BCUT2D eigenvalue weighted by Gasteiger charge is 2.18. The molecule has 0 spiro atoms. The number of aromatic hydroxyl groups is 1. The van der Waals surface area contributed by atoms with Gasteiger partial charge in [0.25, 0.3) is 0 Å². The molecule has 17 heavy (non-hydrogen) atoms. The van der Waals surface area contributed by atoms with Gasteiger partial charge < -0.3 is 10.4 Å². The Morgan fingerprint density at radius 3 is 2.88 bits per heavy atom. The Kier molecular flexibility index (Phi) is 3.95. The molecular weight excluding hydrogens is 234 g/mol. The first kappa shape index (κ1) is 12.7. The second-order valence-electron chi connectivity index (χ2n) is 5.06. The van der Waals surface area contributed by atoms with E-state index in [4.69, 9.17) is 11.6 Å². The topological polar surface area (TPSA) is 32.3 Å². The molecule has 2 N–H and O–H groups in total. The van der Waals surface area contributed by atoms with E-state index in [0.29, 0.717) is 10.9 Å². The molecule has 94 valence electrons. The molecule has 0 aliphatic carbocycles. The van der Waals surface area contributed by atoms with Crippen LogP contribution in [0.3, 0.4) is 0 Å². The first-order valence-corrected chi connectivity index (χ1v) is 6.65. The summed E-state index contributed by atoms with van der Waals surface area (Å²) in [5.74, 6) is 0.896. The third kappa shape index (κ3) is 2.75. The second kappa shape index (κ2) is 5.28. The second-order valence-corrected chi connectivity index (χ2v) is 5.43. The summed E-state index contributed by atoms with van der Waals surface area (Å²) < 4.78 is 0. The van der Waals surface area contributed by atoms with Crippen LogP contribution in [0.4, 0.5) is 0 Å². The number of aryl methyl sites for hydroxylation is 1. The maximum Gasteiger partial charge on any atom is 0.137 e. The van der Waals surface area contributed by atoms with E-state index in [0.717, 1.165) is 36.2 Å². The Labute approximate surface area is 108 Å². The lowest BCUT2D eigenvalue weighted by Gasteiger charge is -2.23. The molecule has 1 saturated heterocycles. The Balaban J connectivity index is 2.20. The van der Waals surface area contributed by atoms with E-state index in [1.54, 1.807) is 0 Å². The summed E-state index contributed by atoms with van der Waals surface area (Å²) in [4.78, 5) is 0. The van der Waals surface area contributed by atoms with Gasteiger partial charge in [0.05, 0.1) is 5.02 Å². The van der Waals surface area contributed by atoms with Gasteiger partial charge in [-0.3, -0.25) is 0 Å². The van der Waals surface area contributed by atoms with Gasteiger partial charge in [0.1, 0.15) is 5.75 Å². The molecule has 1 fully saturated rings. The zero-order chi connectivity index (χ0) is 12.4. The molecule has 0 bridgehead atoms. The normalized spacial score (nSPS) is 20.5. The van der Waals surface area contributed by atoms with Crippen molar-refractivity contribution >= 4 is 11.6 Å². The maximum absolute atomic E-state index is 10.1. The van der Waals surface area contributed by atoms with Crippen molar-refractivity contribution in [3.05, 3.63) is 27.8 Å². The number of rotatable bonds is 2. The van der Waals surface area contributed by atoms with Crippen molar-refractivity contribution in [1.29, 1.82) is 0 Å². The molecule has 0 radical (unpaired) electrons. The van der Waals surface area contributed by atoms with Crippen LogP contribution in [0.1, 0.15) is 29.5 Å². The summed E-state index contributed by atoms with van der Waals surface area (Å²) >= 11 is 6.14. The number of phenolic OH excluding ortho intramolecular Hbond substituents is 1. The Morgan fingerprint density at radius 2 is 2.24 bits per heavy atom. The fourth-order valence-electron chi connectivity index (χ4n) is 2.49. The summed E-state index contributed by atoms with van der Waals surface area (Å²) in [6.07, 6.45) is 3.38. The molecule has 1 aliphatic rings. The fraction of sp³-hybridized carbons (Fsp3) is 0.571. The number of halogens is 1. The molecule has 1 aromatic carbocycles. The van der Waals surface area contributed by atoms with Crippen LogP contribution in [-0.2, 0) is 6.42 Å². The number of benzene rings is 1. The van der Waals surface area contributed by atoms with E-state index < -0.39 is 0 Å². The van der Waals surface area contributed by atoms with Crippen molar-refractivity contribution in [3.63, 3.8) is 0 Å². The lowest BCUT2D eigenvalue weighted by atomic mass is 9.90. The van der Waals surface area contributed by atoms with Crippen molar-refractivity contribution < 1.29 is 5.11 Å². The number of phenols is 1. The summed E-state index contributed by atoms with van der Waals surface area (Å²) in [7, 11) is 0. The standard InChI is InChI=1S/C14H20ClNO/c1-9-6-12(14(17)13(15)10(9)2)7-11-4-3-5-16-8-11/h6,11,16-17H,3-5,7-8H2,1-2H3. The third-order valence-corrected chi connectivity index (χ3v) is 4.19. The van der Waals surface area contributed by atoms with Gasteiger partial charge in [0.2, 0.25) is 0 Å². The van der Waals surface area contributed by atoms with E-state index >= 15 is 0 Å². The molecule has 1 aromatic rings. The van der Waals surface area contributed by atoms with E-state index in [9.17, 15) is 5.11 Å². The Morgan fingerprint density at radius 1 is 1.47 bits per heavy atom. The van der Waals surface area contributed by atoms with Crippen LogP contribution in [0.25, 0.3) is 0 Å². The molecular formula is C14H20ClNO. The minimum Gasteiger partial charge on any atom is -0.506 e. The smallest absolute Gasteiger partial charge is 0.137 e. The lowest BCUT2D eigenvalue weighted by Crippen LogP contribution is -2.30. The summed E-state index contributed by atoms with van der Waals surface area (Å²) in [6, 6.07) is 2.07. The SMILES string of the molecule is Cc1cc(CC2CCCNC2)c(O)c(Cl)c1C. The molecule has 1 aliphatic heterocycles. The summed E-state index contributed by atoms with van der Waals surface area (Å²) in [5.41, 5.74) is 3.13. The predicted octanol–water partition coefficient (Wildman–Crippen LogP) is 3.20. The molecule has 2 nitrogen and oxygen atoms in total. The zero-order valence-corrected chi connectivity index (χ0v) is 11.3. The minimum absolute atomic E-state index is 0.278. The molecule has 0 amide bonds. The van der Waals surface area contributed by atoms with Crippen molar-refractivity contribution in [2.75, 3.05) is 13.1 Å². The first-order chi connectivity index (χ1) is 8.09. The Hall–Kier alpha value is -0.730. The number of hydrogen-bond acceptors (Lipinski definition) is 2. The van der Waals surface area contributed by atoms with Gasteiger partial charge in [-0.25, -0.2) is 0 Å². The fourth-order valence-corrected chi connectivity index (χ4v) is 2.76. The molecule has 1 unspecified atom stereocenters. The van der Waals surface area contributed by atoms with Crippen molar-refractivity contribution in [3.8, 4) is 5.75 Å². The number of piperidine rings is 1. The van der Waals surface area contributed by atoms with Crippen LogP contribution in [0, 0.1) is 19.8 Å². The van der Waals surface area contributed by atoms with Gasteiger partial charge in [-0.1, -0.05) is 17.7 Å². The largest absolute Gasteiger partial charge is 0.506 e. The highest BCUT2D eigenvalue weighted by molar-refractivity contribution is 6.33. The van der Waals surface area contributed by atoms with Crippen LogP contribution in [0.2, 0.25) is 5.02 Å². The lowest BCUT2D eigenvalue weighted by molar-refractivity contribution is 0.369. The van der Waals surface area contributed by atoms with Crippen molar-refractivity contribution in [1.82, 2.24) is 5.32 Å². The highest BCUT2D eigenvalue weighted by Crippen LogP contribution is 2.34. The van der Waals surface area contributed by atoms with E-state index in [2.05, 4.69) is 11.4 Å². The predicted molar refractivity (Wildman–Crippen MR) is 71.9 cm³/mol. The average Bonchev–Trinajstić information content (AvgIpc) is 2.35. The van der Waals surface area contributed by atoms with E-state index in [1.165, 1.54) is 12.8 Å². The van der Waals surface area contributed by atoms with Crippen LogP contribution >= 0.6 is 11.6 Å². The molecule has 1 atom stereocenters. The maximum atomic E-state index is 10.1. The van der Waals surface area contributed by atoms with Crippen LogP contribution in [-0.4, -0.2) is 18.2 Å². The van der Waals surface area contributed by atoms with E-state index in [-0.39, 0.29) is 5.75 Å². The van der Waals surface area contributed by atoms with Gasteiger partial charge in [0.15, 0.2) is 0 Å². The van der Waals surface area contributed by atoms with Crippen LogP contribution in [0.5, 0.6) is 5.75 Å². The third-order valence-electron chi connectivity index (χ3n) is 3.73. The van der Waals surface area contributed by atoms with Crippen LogP contribution in [0.15, 0.2) is 6.07 Å². The summed E-state index contributed by atoms with van der Waals surface area (Å²) in [5, 5.41) is 14.0. The summed E-state index contributed by atoms with van der Waals surface area (Å²) in [6.45, 7) is 6.16. The van der Waals surface area contributed by atoms with Crippen molar-refractivity contribution in [2.45, 2.75) is 33.1 Å². The Bertz CT molecular complexity index is 411. The molecule has 0 saturated carbocycles. The van der Waals surface area contributed by atoms with Gasteiger partial charge in [-0.15, -0.1) is 0 Å². The molecule has 1 heterocycles. The van der Waals surface area contributed by atoms with Crippen molar-refractivity contribution in [2.24, 2.45) is 5.92 Å². The number of nitrogens with one attached hydrogen (secondary N) is 1. The van der Waals surface area contributed by atoms with E-state index in [1.807, 2.05) is 13.8 Å². The van der Waals surface area contributed by atoms with Gasteiger partial charge in [-0.2, -0.15) is 0 Å². The first-order valence-electron chi connectivity index (χ1n) is 6.28. The number of hydrogen-bond donors (Lipinski definition) is 2. The van der Waals surface area contributed by atoms with Crippen LogP contribution < -0.4 is 5.32 Å². The monoisotopic (exact) mass is 253 g/mol. The molecule has 3 heteroatoms. The molecule has 2 rings (SSSR count). The van der Waals surface area contributed by atoms with Gasteiger partial charge >= 0.3 is 0 Å². The highest BCUT2D eigenvalue weighted by atomic mass is 35.5. The average molecular weight is 254 g/mol. The van der Waals surface area contributed by atoms with Gasteiger partial charge in [-0.05, 0) is 68.8 Å². The zero-order valence-electron chi connectivity index (χ0n) is 10.5. The molecule has 0 aromatic heterocycles. The quantitative estimate of drug-likeness (QED) is 0.848.